The second kappa shape index (κ2) is 6.12. The Balaban J connectivity index is 4.04. The van der Waals surface area contributed by atoms with Crippen molar-refractivity contribution < 1.29 is 4.74 Å². The third kappa shape index (κ3) is 7.39. The summed E-state index contributed by atoms with van der Waals surface area (Å²) in [5, 5.41) is 9.13. The molecule has 0 fully saturated rings. The molecule has 0 aromatic rings. The summed E-state index contributed by atoms with van der Waals surface area (Å²) >= 11 is 0. The van der Waals surface area contributed by atoms with Crippen molar-refractivity contribution in [2.75, 3.05) is 0 Å². The lowest BCUT2D eigenvalue weighted by Crippen LogP contribution is -2.36. The molecule has 0 N–H and O–H groups in total. The maximum Gasteiger partial charge on any atom is 0.152 e. The Bertz CT molecular complexity index is 212. The van der Waals surface area contributed by atoms with E-state index in [1.165, 1.54) is 19.3 Å². The van der Waals surface area contributed by atoms with Crippen molar-refractivity contribution in [2.45, 2.75) is 77.9 Å². The maximum absolute atomic E-state index is 9.13. The van der Waals surface area contributed by atoms with E-state index < -0.39 is 5.60 Å². The SMILES string of the molecule is CCCCCCC(C)(C#N)OC(C)(C)C. The molecule has 0 aliphatic rings. The first-order valence-electron chi connectivity index (χ1n) is 5.94. The lowest BCUT2D eigenvalue weighted by atomic mass is 9.98. The van der Waals surface area contributed by atoms with Crippen LogP contribution in [-0.4, -0.2) is 11.2 Å². The van der Waals surface area contributed by atoms with Crippen LogP contribution in [0.3, 0.4) is 0 Å². The van der Waals surface area contributed by atoms with Gasteiger partial charge in [0.2, 0.25) is 0 Å². The second-order valence-corrected chi connectivity index (χ2v) is 5.37. The fourth-order valence-corrected chi connectivity index (χ4v) is 1.69. The molecule has 0 rings (SSSR count). The summed E-state index contributed by atoms with van der Waals surface area (Å²) in [6.07, 6.45) is 5.58. The topological polar surface area (TPSA) is 33.0 Å². The standard InChI is InChI=1S/C13H25NO/c1-6-7-8-9-10-13(5,11-14)15-12(2,3)4/h6-10H2,1-5H3. The van der Waals surface area contributed by atoms with Crippen molar-refractivity contribution in [3.63, 3.8) is 0 Å². The number of hydrogen-bond acceptors (Lipinski definition) is 2. The third-order valence-electron chi connectivity index (χ3n) is 2.28. The van der Waals surface area contributed by atoms with Crippen molar-refractivity contribution in [2.24, 2.45) is 0 Å². The van der Waals surface area contributed by atoms with Gasteiger partial charge in [0.05, 0.1) is 11.7 Å². The number of hydrogen-bond donors (Lipinski definition) is 0. The minimum absolute atomic E-state index is 0.241. The first-order valence-corrected chi connectivity index (χ1v) is 5.94. The molecule has 0 aliphatic carbocycles. The Morgan fingerprint density at radius 3 is 2.07 bits per heavy atom. The van der Waals surface area contributed by atoms with Crippen LogP contribution in [-0.2, 0) is 4.74 Å². The van der Waals surface area contributed by atoms with E-state index in [1.54, 1.807) is 0 Å². The molecule has 1 unspecified atom stereocenters. The maximum atomic E-state index is 9.13. The molecule has 0 saturated carbocycles. The van der Waals surface area contributed by atoms with Gasteiger partial charge in [0.1, 0.15) is 0 Å². The van der Waals surface area contributed by atoms with Crippen LogP contribution in [0.4, 0.5) is 0 Å². The molecule has 0 heterocycles. The minimum atomic E-state index is -0.619. The van der Waals surface area contributed by atoms with Gasteiger partial charge >= 0.3 is 0 Å². The second-order valence-electron chi connectivity index (χ2n) is 5.37. The lowest BCUT2D eigenvalue weighted by Gasteiger charge is -2.31. The van der Waals surface area contributed by atoms with Gasteiger partial charge in [-0.2, -0.15) is 5.26 Å². The van der Waals surface area contributed by atoms with Crippen LogP contribution in [0.1, 0.15) is 66.7 Å². The molecule has 2 nitrogen and oxygen atoms in total. The van der Waals surface area contributed by atoms with Gasteiger partial charge in [-0.15, -0.1) is 0 Å². The summed E-state index contributed by atoms with van der Waals surface area (Å²) in [5.41, 5.74) is -0.860. The van der Waals surface area contributed by atoms with Gasteiger partial charge in [0.15, 0.2) is 5.60 Å². The fourth-order valence-electron chi connectivity index (χ4n) is 1.69. The number of nitrogens with zero attached hydrogens (tertiary/aromatic N) is 1. The van der Waals surface area contributed by atoms with E-state index in [0.29, 0.717) is 0 Å². The Morgan fingerprint density at radius 1 is 1.07 bits per heavy atom. The smallest absolute Gasteiger partial charge is 0.152 e. The zero-order chi connectivity index (χ0) is 11.9. The molecule has 15 heavy (non-hydrogen) atoms. The summed E-state index contributed by atoms with van der Waals surface area (Å²) in [6, 6.07) is 2.29. The van der Waals surface area contributed by atoms with Gasteiger partial charge in [-0.25, -0.2) is 0 Å². The normalized spacial score (nSPS) is 15.7. The summed E-state index contributed by atoms with van der Waals surface area (Å²) < 4.78 is 5.79. The van der Waals surface area contributed by atoms with E-state index >= 15 is 0 Å². The fraction of sp³-hybridized carbons (Fsp3) is 0.923. The Labute approximate surface area is 94.6 Å². The summed E-state index contributed by atoms with van der Waals surface area (Å²) in [7, 11) is 0. The van der Waals surface area contributed by atoms with Crippen LogP contribution in [0.15, 0.2) is 0 Å². The Morgan fingerprint density at radius 2 is 1.67 bits per heavy atom. The molecular formula is C13H25NO. The minimum Gasteiger partial charge on any atom is -0.355 e. The summed E-state index contributed by atoms with van der Waals surface area (Å²) in [4.78, 5) is 0. The van der Waals surface area contributed by atoms with Crippen molar-refractivity contribution in [3.8, 4) is 6.07 Å². The highest BCUT2D eigenvalue weighted by Crippen LogP contribution is 2.25. The predicted octanol–water partition coefficient (Wildman–Crippen LogP) is 4.05. The van der Waals surface area contributed by atoms with E-state index in [2.05, 4.69) is 13.0 Å². The molecule has 0 aromatic heterocycles. The molecule has 1 atom stereocenters. The number of rotatable bonds is 6. The van der Waals surface area contributed by atoms with Gasteiger partial charge in [0, 0.05) is 0 Å². The van der Waals surface area contributed by atoms with Crippen LogP contribution in [0, 0.1) is 11.3 Å². The highest BCUT2D eigenvalue weighted by molar-refractivity contribution is 4.99. The number of nitriles is 1. The van der Waals surface area contributed by atoms with Gasteiger partial charge in [0.25, 0.3) is 0 Å². The Hall–Kier alpha value is -0.550. The van der Waals surface area contributed by atoms with Gasteiger partial charge in [-0.3, -0.25) is 0 Å². The van der Waals surface area contributed by atoms with E-state index in [-0.39, 0.29) is 5.60 Å². The molecule has 0 saturated heterocycles. The average molecular weight is 211 g/mol. The predicted molar refractivity (Wildman–Crippen MR) is 63.6 cm³/mol. The molecule has 0 amide bonds. The number of unbranched alkanes of at least 4 members (excludes halogenated alkanes) is 3. The summed E-state index contributed by atoms with van der Waals surface area (Å²) in [6.45, 7) is 10.1. The van der Waals surface area contributed by atoms with Crippen LogP contribution in [0.25, 0.3) is 0 Å². The largest absolute Gasteiger partial charge is 0.355 e. The van der Waals surface area contributed by atoms with Crippen molar-refractivity contribution in [1.29, 1.82) is 5.26 Å². The van der Waals surface area contributed by atoms with Crippen molar-refractivity contribution >= 4 is 0 Å². The van der Waals surface area contributed by atoms with Crippen LogP contribution in [0.5, 0.6) is 0 Å². The quantitative estimate of drug-likeness (QED) is 0.621. The monoisotopic (exact) mass is 211 g/mol. The van der Waals surface area contributed by atoms with Crippen LogP contribution in [0.2, 0.25) is 0 Å². The van der Waals surface area contributed by atoms with E-state index in [9.17, 15) is 0 Å². The Kier molecular flexibility index (Phi) is 5.90. The molecule has 0 aromatic carbocycles. The lowest BCUT2D eigenvalue weighted by molar-refractivity contribution is -0.0954. The van der Waals surface area contributed by atoms with Crippen molar-refractivity contribution in [3.05, 3.63) is 0 Å². The first-order chi connectivity index (χ1) is 6.83. The van der Waals surface area contributed by atoms with Crippen LogP contribution < -0.4 is 0 Å². The van der Waals surface area contributed by atoms with Crippen LogP contribution >= 0.6 is 0 Å². The zero-order valence-corrected chi connectivity index (χ0v) is 10.9. The zero-order valence-electron chi connectivity index (χ0n) is 10.9. The van der Waals surface area contributed by atoms with Gasteiger partial charge in [-0.1, -0.05) is 26.2 Å². The molecule has 0 bridgehead atoms. The number of ether oxygens (including phenoxy) is 1. The average Bonchev–Trinajstić information content (AvgIpc) is 2.10. The van der Waals surface area contributed by atoms with Gasteiger partial charge < -0.3 is 4.74 Å². The highest BCUT2D eigenvalue weighted by atomic mass is 16.5. The van der Waals surface area contributed by atoms with Gasteiger partial charge in [-0.05, 0) is 40.5 Å². The summed E-state index contributed by atoms with van der Waals surface area (Å²) in [5.74, 6) is 0. The molecule has 0 spiro atoms. The molecule has 0 radical (unpaired) electrons. The first kappa shape index (κ1) is 14.5. The highest BCUT2D eigenvalue weighted by Gasteiger charge is 2.29. The molecule has 88 valence electrons. The van der Waals surface area contributed by atoms with E-state index in [0.717, 1.165) is 12.8 Å². The molecule has 2 heteroatoms. The molecule has 0 aliphatic heterocycles. The van der Waals surface area contributed by atoms with E-state index in [1.807, 2.05) is 27.7 Å². The van der Waals surface area contributed by atoms with Crippen molar-refractivity contribution in [1.82, 2.24) is 0 Å². The third-order valence-corrected chi connectivity index (χ3v) is 2.28. The molecular weight excluding hydrogens is 186 g/mol. The van der Waals surface area contributed by atoms with E-state index in [4.69, 9.17) is 10.00 Å².